The highest BCUT2D eigenvalue weighted by Gasteiger charge is 2.23. The van der Waals surface area contributed by atoms with Crippen LogP contribution in [0.15, 0.2) is 44.9 Å². The number of aliphatic imine (C=N–C) groups is 1. The van der Waals surface area contributed by atoms with Gasteiger partial charge >= 0.3 is 5.69 Å². The maximum atomic E-state index is 12.6. The smallest absolute Gasteiger partial charge is 0.333 e. The van der Waals surface area contributed by atoms with Gasteiger partial charge in [0.15, 0.2) is 0 Å². The van der Waals surface area contributed by atoms with Gasteiger partial charge in [0.1, 0.15) is 5.56 Å². The van der Waals surface area contributed by atoms with Gasteiger partial charge in [0.25, 0.3) is 5.56 Å². The maximum Gasteiger partial charge on any atom is 0.333 e. The zero-order valence-electron chi connectivity index (χ0n) is 16.8. The van der Waals surface area contributed by atoms with E-state index in [-0.39, 0.29) is 17.5 Å². The summed E-state index contributed by atoms with van der Waals surface area (Å²) in [5.41, 5.74) is 0.963. The summed E-state index contributed by atoms with van der Waals surface area (Å²) in [4.78, 5) is 31.7. The second kappa shape index (κ2) is 8.56. The number of hydrogen-bond donors (Lipinski definition) is 1. The molecule has 1 aliphatic rings. The molecule has 0 spiro atoms. The third-order valence-corrected chi connectivity index (χ3v) is 5.40. The van der Waals surface area contributed by atoms with Crippen molar-refractivity contribution in [1.29, 1.82) is 0 Å². The van der Waals surface area contributed by atoms with E-state index in [1.807, 2.05) is 13.0 Å². The molecule has 1 aromatic carbocycles. The van der Waals surface area contributed by atoms with E-state index in [4.69, 9.17) is 4.99 Å². The molecule has 3 rings (SSSR count). The first-order valence-electron chi connectivity index (χ1n) is 9.74. The Bertz CT molecular complexity index is 968. The number of piperidine rings is 1. The quantitative estimate of drug-likeness (QED) is 0.795. The van der Waals surface area contributed by atoms with Gasteiger partial charge in [-0.2, -0.15) is 0 Å². The van der Waals surface area contributed by atoms with Crippen LogP contribution in [0.1, 0.15) is 37.3 Å². The van der Waals surface area contributed by atoms with Crippen LogP contribution in [-0.4, -0.2) is 44.0 Å². The molecule has 0 bridgehead atoms. The van der Waals surface area contributed by atoms with Crippen molar-refractivity contribution < 1.29 is 5.11 Å². The van der Waals surface area contributed by atoms with E-state index in [1.165, 1.54) is 19.7 Å². The van der Waals surface area contributed by atoms with Crippen molar-refractivity contribution in [2.75, 3.05) is 13.1 Å². The molecule has 150 valence electrons. The second-order valence-corrected chi connectivity index (χ2v) is 7.33. The van der Waals surface area contributed by atoms with E-state index in [9.17, 15) is 14.7 Å². The molecule has 1 saturated heterocycles. The van der Waals surface area contributed by atoms with Crippen LogP contribution in [0.3, 0.4) is 0 Å². The number of rotatable bonds is 5. The lowest BCUT2D eigenvalue weighted by atomic mass is 10.0. The van der Waals surface area contributed by atoms with Gasteiger partial charge in [0.2, 0.25) is 5.88 Å². The van der Waals surface area contributed by atoms with Gasteiger partial charge in [-0.25, -0.2) is 4.79 Å². The number of nitrogens with zero attached hydrogens (tertiary/aromatic N) is 4. The van der Waals surface area contributed by atoms with Crippen molar-refractivity contribution >= 4 is 5.71 Å². The summed E-state index contributed by atoms with van der Waals surface area (Å²) in [6, 6.07) is 10.5. The zero-order chi connectivity index (χ0) is 20.3. The standard InChI is InChI=1S/C21H28N4O3/c1-4-17(18-19(26)23(2)21(28)24(3)20(18)27)22-16-10-12-25(13-11-16)14-15-8-6-5-7-9-15/h5-9,16,26H,4,10-14H2,1-3H3. The average molecular weight is 384 g/mol. The SMILES string of the molecule is CCC(=NC1CCN(Cc2ccccc2)CC1)c1c(O)n(C)c(=O)n(C)c1=O. The highest BCUT2D eigenvalue weighted by Crippen LogP contribution is 2.19. The van der Waals surface area contributed by atoms with Crippen molar-refractivity contribution in [1.82, 2.24) is 14.0 Å². The largest absolute Gasteiger partial charge is 0.494 e. The Balaban J connectivity index is 1.77. The first-order chi connectivity index (χ1) is 13.4. The molecule has 0 radical (unpaired) electrons. The Morgan fingerprint density at radius 2 is 1.75 bits per heavy atom. The minimum Gasteiger partial charge on any atom is -0.494 e. The Kier molecular flexibility index (Phi) is 6.14. The van der Waals surface area contributed by atoms with E-state index in [2.05, 4.69) is 29.2 Å². The van der Waals surface area contributed by atoms with Crippen molar-refractivity contribution in [3.63, 3.8) is 0 Å². The molecule has 7 nitrogen and oxygen atoms in total. The van der Waals surface area contributed by atoms with Gasteiger partial charge in [0, 0.05) is 33.7 Å². The Morgan fingerprint density at radius 3 is 2.36 bits per heavy atom. The normalized spacial score (nSPS) is 16.5. The summed E-state index contributed by atoms with van der Waals surface area (Å²) in [7, 11) is 2.87. The Morgan fingerprint density at radius 1 is 1.11 bits per heavy atom. The monoisotopic (exact) mass is 384 g/mol. The van der Waals surface area contributed by atoms with Crippen LogP contribution in [0.25, 0.3) is 0 Å². The minimum atomic E-state index is -0.545. The number of aromatic nitrogens is 2. The molecule has 0 unspecified atom stereocenters. The van der Waals surface area contributed by atoms with Crippen LogP contribution < -0.4 is 11.2 Å². The van der Waals surface area contributed by atoms with E-state index in [1.54, 1.807) is 0 Å². The fourth-order valence-corrected chi connectivity index (χ4v) is 3.69. The number of benzene rings is 1. The van der Waals surface area contributed by atoms with E-state index in [0.717, 1.165) is 41.6 Å². The van der Waals surface area contributed by atoms with Gasteiger partial charge in [-0.05, 0) is 24.8 Å². The molecular formula is C21H28N4O3. The van der Waals surface area contributed by atoms with Crippen molar-refractivity contribution in [3.05, 3.63) is 62.3 Å². The second-order valence-electron chi connectivity index (χ2n) is 7.33. The molecule has 0 saturated carbocycles. The molecule has 7 heteroatoms. The van der Waals surface area contributed by atoms with E-state index >= 15 is 0 Å². The molecule has 1 aromatic heterocycles. The Hall–Kier alpha value is -2.67. The van der Waals surface area contributed by atoms with Crippen LogP contribution in [0.2, 0.25) is 0 Å². The summed E-state index contributed by atoms with van der Waals surface area (Å²) in [6.45, 7) is 4.72. The lowest BCUT2D eigenvalue weighted by Crippen LogP contribution is -2.40. The molecule has 0 aliphatic carbocycles. The molecule has 0 amide bonds. The summed E-state index contributed by atoms with van der Waals surface area (Å²) in [5, 5.41) is 10.4. The lowest BCUT2D eigenvalue weighted by molar-refractivity contribution is 0.206. The van der Waals surface area contributed by atoms with Crippen LogP contribution in [0, 0.1) is 0 Å². The number of likely N-dealkylation sites (tertiary alicyclic amines) is 1. The molecule has 28 heavy (non-hydrogen) atoms. The maximum absolute atomic E-state index is 12.6. The van der Waals surface area contributed by atoms with Crippen molar-refractivity contribution in [2.24, 2.45) is 19.1 Å². The van der Waals surface area contributed by atoms with Gasteiger partial charge in [-0.15, -0.1) is 0 Å². The molecule has 1 N–H and O–H groups in total. The van der Waals surface area contributed by atoms with Crippen molar-refractivity contribution in [2.45, 2.75) is 38.8 Å². The van der Waals surface area contributed by atoms with Crippen LogP contribution in [0.4, 0.5) is 0 Å². The van der Waals surface area contributed by atoms with Gasteiger partial charge in [0.05, 0.1) is 11.8 Å². The highest BCUT2D eigenvalue weighted by atomic mass is 16.3. The fourth-order valence-electron chi connectivity index (χ4n) is 3.69. The number of aromatic hydroxyl groups is 1. The van der Waals surface area contributed by atoms with Gasteiger partial charge in [-0.3, -0.25) is 23.8 Å². The van der Waals surface area contributed by atoms with Crippen LogP contribution in [-0.2, 0) is 20.6 Å². The molecule has 2 heterocycles. The summed E-state index contributed by atoms with van der Waals surface area (Å²) >= 11 is 0. The molecule has 1 fully saturated rings. The molecule has 0 atom stereocenters. The number of hydrogen-bond acceptors (Lipinski definition) is 5. The summed E-state index contributed by atoms with van der Waals surface area (Å²) in [5.74, 6) is -0.310. The van der Waals surface area contributed by atoms with Gasteiger partial charge < -0.3 is 5.11 Å². The van der Waals surface area contributed by atoms with Gasteiger partial charge in [-0.1, -0.05) is 37.3 Å². The third kappa shape index (κ3) is 4.09. The van der Waals surface area contributed by atoms with E-state index < -0.39 is 11.2 Å². The average Bonchev–Trinajstić information content (AvgIpc) is 2.72. The summed E-state index contributed by atoms with van der Waals surface area (Å²) < 4.78 is 2.10. The Labute approximate surface area is 164 Å². The molecular weight excluding hydrogens is 356 g/mol. The third-order valence-electron chi connectivity index (χ3n) is 5.40. The first-order valence-corrected chi connectivity index (χ1v) is 9.74. The van der Waals surface area contributed by atoms with Crippen LogP contribution in [0.5, 0.6) is 5.88 Å². The van der Waals surface area contributed by atoms with E-state index in [0.29, 0.717) is 12.1 Å². The summed E-state index contributed by atoms with van der Waals surface area (Å²) in [6.07, 6.45) is 2.33. The minimum absolute atomic E-state index is 0.114. The van der Waals surface area contributed by atoms with Crippen LogP contribution >= 0.6 is 0 Å². The topological polar surface area (TPSA) is 79.8 Å². The molecule has 1 aliphatic heterocycles. The first kappa shape index (κ1) is 20.1. The zero-order valence-corrected chi connectivity index (χ0v) is 16.8. The fraction of sp³-hybridized carbons (Fsp3) is 0.476. The van der Waals surface area contributed by atoms with Crippen molar-refractivity contribution in [3.8, 4) is 5.88 Å². The lowest BCUT2D eigenvalue weighted by Gasteiger charge is -2.30. The molecule has 2 aromatic rings. The highest BCUT2D eigenvalue weighted by molar-refractivity contribution is 6.02. The predicted molar refractivity (Wildman–Crippen MR) is 110 cm³/mol. The predicted octanol–water partition coefficient (Wildman–Crippen LogP) is 1.65.